The number of carboxylic acids is 1. The van der Waals surface area contributed by atoms with E-state index < -0.39 is 23.8 Å². The van der Waals surface area contributed by atoms with Crippen LogP contribution in [0.15, 0.2) is 5.18 Å². The van der Waals surface area contributed by atoms with Crippen molar-refractivity contribution in [2.45, 2.75) is 25.7 Å². The first-order valence-corrected chi connectivity index (χ1v) is 6.42. The summed E-state index contributed by atoms with van der Waals surface area (Å²) in [6.07, 6.45) is -1.03. The fourth-order valence-corrected chi connectivity index (χ4v) is 1.14. The lowest BCUT2D eigenvalue weighted by atomic mass is 10.3. The molecule has 0 saturated heterocycles. The van der Waals surface area contributed by atoms with Crippen LogP contribution >= 0.6 is 0 Å². The number of carbonyl (C=O) groups is 4. The van der Waals surface area contributed by atoms with E-state index in [9.17, 15) is 24.1 Å². The second-order valence-electron chi connectivity index (χ2n) is 3.93. The second kappa shape index (κ2) is 12.4. The van der Waals surface area contributed by atoms with E-state index in [4.69, 9.17) is 14.6 Å². The molecule has 0 rings (SSSR count). The number of aliphatic carboxylic acids is 1. The van der Waals surface area contributed by atoms with E-state index in [1.807, 2.05) is 0 Å². The molecule has 22 heavy (non-hydrogen) atoms. The molecule has 1 amide bonds. The zero-order valence-corrected chi connectivity index (χ0v) is 11.8. The minimum Gasteiger partial charge on any atom is -0.481 e. The van der Waals surface area contributed by atoms with Crippen molar-refractivity contribution >= 4 is 23.8 Å². The smallest absolute Gasteiger partial charge is 0.306 e. The van der Waals surface area contributed by atoms with Crippen molar-refractivity contribution in [2.75, 3.05) is 26.4 Å². The van der Waals surface area contributed by atoms with Crippen molar-refractivity contribution in [2.24, 2.45) is 5.18 Å². The number of rotatable bonds is 12. The number of ether oxygens (including phenoxy) is 3. The molecule has 0 aromatic rings. The number of carboxylic acid groups (broad SMARTS) is 1. The van der Waals surface area contributed by atoms with Gasteiger partial charge in [-0.1, -0.05) is 0 Å². The van der Waals surface area contributed by atoms with Gasteiger partial charge in [-0.3, -0.25) is 19.2 Å². The van der Waals surface area contributed by atoms with Crippen molar-refractivity contribution in [3.63, 3.8) is 0 Å². The lowest BCUT2D eigenvalue weighted by Crippen LogP contribution is -2.15. The molecule has 0 aromatic carbocycles. The predicted molar refractivity (Wildman–Crippen MR) is 69.6 cm³/mol. The maximum Gasteiger partial charge on any atom is 0.306 e. The van der Waals surface area contributed by atoms with E-state index in [0.717, 1.165) is 0 Å². The van der Waals surface area contributed by atoms with Crippen molar-refractivity contribution in [1.29, 1.82) is 0 Å². The Morgan fingerprint density at radius 3 is 1.73 bits per heavy atom. The van der Waals surface area contributed by atoms with Gasteiger partial charge in [-0.15, -0.1) is 4.91 Å². The Hall–Kier alpha value is -2.36. The summed E-state index contributed by atoms with van der Waals surface area (Å²) in [4.78, 5) is 52.6. The maximum absolute atomic E-state index is 11.1. The fourth-order valence-electron chi connectivity index (χ4n) is 1.14. The van der Waals surface area contributed by atoms with Crippen LogP contribution in [0, 0.1) is 4.91 Å². The third-order valence-corrected chi connectivity index (χ3v) is 2.17. The third kappa shape index (κ3) is 12.7. The Labute approximate surface area is 125 Å². The van der Waals surface area contributed by atoms with Gasteiger partial charge in [-0.25, -0.2) is 0 Å². The van der Waals surface area contributed by atoms with E-state index in [0.29, 0.717) is 0 Å². The zero-order chi connectivity index (χ0) is 16.8. The fraction of sp³-hybridized carbons (Fsp3) is 0.667. The van der Waals surface area contributed by atoms with Gasteiger partial charge in [0.1, 0.15) is 13.2 Å². The number of esters is 2. The van der Waals surface area contributed by atoms with E-state index in [-0.39, 0.29) is 52.1 Å². The van der Waals surface area contributed by atoms with Crippen molar-refractivity contribution in [3.8, 4) is 0 Å². The van der Waals surface area contributed by atoms with Gasteiger partial charge in [0.2, 0.25) is 0 Å². The van der Waals surface area contributed by atoms with Crippen molar-refractivity contribution in [3.05, 3.63) is 4.91 Å². The first kappa shape index (κ1) is 19.6. The topological polar surface area (TPSA) is 146 Å². The molecule has 10 nitrogen and oxygen atoms in total. The van der Waals surface area contributed by atoms with Crippen molar-refractivity contribution in [1.82, 2.24) is 0 Å². The summed E-state index contributed by atoms with van der Waals surface area (Å²) in [5, 5.41) is 10.5. The van der Waals surface area contributed by atoms with Gasteiger partial charge in [-0.05, 0) is 0 Å². The highest BCUT2D eigenvalue weighted by Gasteiger charge is 2.08. The minimum atomic E-state index is -1.08. The quantitative estimate of drug-likeness (QED) is 0.299. The average Bonchev–Trinajstić information content (AvgIpc) is 2.49. The van der Waals surface area contributed by atoms with E-state index in [1.54, 1.807) is 0 Å². The van der Waals surface area contributed by atoms with Gasteiger partial charge in [0.15, 0.2) is 0 Å². The molecule has 0 bridgehead atoms. The number of carbonyl (C=O) groups excluding carboxylic acids is 3. The molecule has 0 aliphatic carbocycles. The Kier molecular flexibility index (Phi) is 11.1. The van der Waals surface area contributed by atoms with Crippen LogP contribution in [-0.2, 0) is 33.4 Å². The summed E-state index contributed by atoms with van der Waals surface area (Å²) in [5.41, 5.74) is 0. The molecule has 0 atom stereocenters. The first-order chi connectivity index (χ1) is 10.5. The Balaban J connectivity index is 3.41. The van der Waals surface area contributed by atoms with Gasteiger partial charge < -0.3 is 19.3 Å². The number of nitroso groups, excluding NO2 is 1. The SMILES string of the molecule is O=NC(=O)CCC(=O)OCCOCCOC(=O)CCC(=O)O. The van der Waals surface area contributed by atoms with Crippen LogP contribution in [0.25, 0.3) is 0 Å². The summed E-state index contributed by atoms with van der Waals surface area (Å²) >= 11 is 0. The Morgan fingerprint density at radius 1 is 0.773 bits per heavy atom. The summed E-state index contributed by atoms with van der Waals surface area (Å²) in [7, 11) is 0. The summed E-state index contributed by atoms with van der Waals surface area (Å²) < 4.78 is 14.4. The maximum atomic E-state index is 11.1. The minimum absolute atomic E-state index is 0.0358. The number of hydrogen-bond donors (Lipinski definition) is 1. The highest BCUT2D eigenvalue weighted by Crippen LogP contribution is 1.96. The van der Waals surface area contributed by atoms with Crippen LogP contribution in [0.3, 0.4) is 0 Å². The van der Waals surface area contributed by atoms with Gasteiger partial charge in [-0.2, -0.15) is 0 Å². The van der Waals surface area contributed by atoms with Crippen LogP contribution in [0.5, 0.6) is 0 Å². The van der Waals surface area contributed by atoms with Gasteiger partial charge in [0.05, 0.1) is 32.5 Å². The standard InChI is InChI=1S/C12H17NO9/c14-9(13-19)1-3-11(17)21-7-5-20-6-8-22-12(18)4-2-10(15)16/h1-8H2,(H,15,16). The number of hydrogen-bond acceptors (Lipinski definition) is 8. The van der Waals surface area contributed by atoms with Crippen LogP contribution in [0.2, 0.25) is 0 Å². The molecule has 0 aliphatic heterocycles. The summed E-state index contributed by atoms with van der Waals surface area (Å²) in [6.45, 7) is 0.0581. The highest BCUT2D eigenvalue weighted by atomic mass is 16.6. The first-order valence-electron chi connectivity index (χ1n) is 6.42. The monoisotopic (exact) mass is 319 g/mol. The molecule has 124 valence electrons. The molecular formula is C12H17NO9. The van der Waals surface area contributed by atoms with Crippen LogP contribution < -0.4 is 0 Å². The lowest BCUT2D eigenvalue weighted by molar-refractivity contribution is -0.149. The van der Waals surface area contributed by atoms with Gasteiger partial charge in [0, 0.05) is 11.6 Å². The van der Waals surface area contributed by atoms with Gasteiger partial charge >= 0.3 is 17.9 Å². The molecule has 0 aliphatic rings. The molecule has 0 unspecified atom stereocenters. The summed E-state index contributed by atoms with van der Waals surface area (Å²) in [5.74, 6) is -3.29. The molecule has 0 radical (unpaired) electrons. The average molecular weight is 319 g/mol. The molecule has 0 spiro atoms. The molecule has 0 aromatic heterocycles. The van der Waals surface area contributed by atoms with E-state index in [1.165, 1.54) is 0 Å². The van der Waals surface area contributed by atoms with E-state index in [2.05, 4.69) is 9.91 Å². The summed E-state index contributed by atoms with van der Waals surface area (Å²) in [6, 6.07) is 0. The molecule has 0 heterocycles. The Bertz CT molecular complexity index is 407. The zero-order valence-electron chi connectivity index (χ0n) is 11.8. The molecule has 1 N–H and O–H groups in total. The molecule has 0 saturated carbocycles. The Morgan fingerprint density at radius 2 is 1.27 bits per heavy atom. The number of amides is 1. The lowest BCUT2D eigenvalue weighted by Gasteiger charge is -2.06. The second-order valence-corrected chi connectivity index (χ2v) is 3.93. The molecular weight excluding hydrogens is 302 g/mol. The third-order valence-electron chi connectivity index (χ3n) is 2.17. The van der Waals surface area contributed by atoms with E-state index >= 15 is 0 Å². The largest absolute Gasteiger partial charge is 0.481 e. The normalized spacial score (nSPS) is 9.82. The predicted octanol–water partition coefficient (Wildman–Crippen LogP) is 0.0274. The number of nitrogens with zero attached hydrogens (tertiary/aromatic N) is 1. The molecule has 0 fully saturated rings. The van der Waals surface area contributed by atoms with Crippen LogP contribution in [0.1, 0.15) is 25.7 Å². The van der Waals surface area contributed by atoms with Crippen LogP contribution in [0.4, 0.5) is 0 Å². The van der Waals surface area contributed by atoms with Gasteiger partial charge in [0.25, 0.3) is 5.91 Å². The van der Waals surface area contributed by atoms with Crippen molar-refractivity contribution < 1.29 is 38.5 Å². The highest BCUT2D eigenvalue weighted by molar-refractivity contribution is 5.81. The molecule has 10 heteroatoms. The van der Waals surface area contributed by atoms with Crippen LogP contribution in [-0.4, -0.2) is 55.3 Å².